The molecule has 0 N–H and O–H groups in total. The van der Waals surface area contributed by atoms with E-state index >= 15 is 13.2 Å². The summed E-state index contributed by atoms with van der Waals surface area (Å²) in [5.41, 5.74) is 2.13. The molecule has 0 aliphatic heterocycles. The average molecular weight is 679 g/mol. The first-order valence-corrected chi connectivity index (χ1v) is 19.3. The highest BCUT2D eigenvalue weighted by Gasteiger charge is 2.22. The lowest BCUT2D eigenvalue weighted by molar-refractivity contribution is 0.269. The Bertz CT molecular complexity index is 1410. The van der Waals surface area contributed by atoms with Crippen molar-refractivity contribution in [3.8, 4) is 22.3 Å². The van der Waals surface area contributed by atoms with Crippen LogP contribution in [0, 0.1) is 41.0 Å². The molecule has 4 atom stereocenters. The minimum Gasteiger partial charge on any atom is -0.203 e. The summed E-state index contributed by atoms with van der Waals surface area (Å²) in [5.74, 6) is -1.53. The molecule has 0 spiro atoms. The lowest BCUT2D eigenvalue weighted by Crippen LogP contribution is -2.14. The van der Waals surface area contributed by atoms with Gasteiger partial charge in [-0.05, 0) is 84.5 Å². The third-order valence-electron chi connectivity index (χ3n) is 11.0. The van der Waals surface area contributed by atoms with Gasteiger partial charge in [-0.25, -0.2) is 17.6 Å². The van der Waals surface area contributed by atoms with Crippen molar-refractivity contribution >= 4 is 0 Å². The summed E-state index contributed by atoms with van der Waals surface area (Å²) in [7, 11) is 0. The highest BCUT2D eigenvalue weighted by atomic mass is 19.2. The van der Waals surface area contributed by atoms with E-state index in [4.69, 9.17) is 0 Å². The van der Waals surface area contributed by atoms with Gasteiger partial charge in [-0.3, -0.25) is 0 Å². The largest absolute Gasteiger partial charge is 0.203 e. The molecule has 0 saturated carbocycles. The van der Waals surface area contributed by atoms with E-state index in [1.165, 1.54) is 51.4 Å². The van der Waals surface area contributed by atoms with Crippen LogP contribution in [0.2, 0.25) is 0 Å². The van der Waals surface area contributed by atoms with Gasteiger partial charge in [0.2, 0.25) is 0 Å². The van der Waals surface area contributed by atoms with Crippen LogP contribution in [0.4, 0.5) is 17.6 Å². The number of halogens is 4. The molecule has 4 heteroatoms. The molecule has 0 aliphatic rings. The number of unbranched alkanes of at least 4 members (excludes halogenated alkanes) is 6. The smallest absolute Gasteiger partial charge is 0.166 e. The van der Waals surface area contributed by atoms with Gasteiger partial charge < -0.3 is 0 Å². The number of allylic oxidation sites excluding steroid dienone is 1. The summed E-state index contributed by atoms with van der Waals surface area (Å²) in [6.07, 6.45) is 19.2. The van der Waals surface area contributed by atoms with Crippen LogP contribution in [0.3, 0.4) is 0 Å². The first-order chi connectivity index (χ1) is 23.7. The molecule has 0 amide bonds. The van der Waals surface area contributed by atoms with Gasteiger partial charge in [-0.1, -0.05) is 153 Å². The van der Waals surface area contributed by atoms with Crippen molar-refractivity contribution in [3.63, 3.8) is 0 Å². The Kier molecular flexibility index (Phi) is 17.7. The zero-order chi connectivity index (χ0) is 35.8. The van der Waals surface area contributed by atoms with E-state index in [-0.39, 0.29) is 17.0 Å². The van der Waals surface area contributed by atoms with Gasteiger partial charge in [0.15, 0.2) is 23.3 Å². The van der Waals surface area contributed by atoms with Crippen molar-refractivity contribution in [3.05, 3.63) is 95.6 Å². The predicted molar refractivity (Wildman–Crippen MR) is 202 cm³/mol. The van der Waals surface area contributed by atoms with Gasteiger partial charge in [0.05, 0.1) is 0 Å². The molecule has 0 aromatic heterocycles. The number of aryl methyl sites for hydroxylation is 1. The topological polar surface area (TPSA) is 0 Å². The molecular weight excluding hydrogens is 616 g/mol. The molecule has 0 nitrogen and oxygen atoms in total. The third kappa shape index (κ3) is 11.9. The molecule has 0 fully saturated rings. The van der Waals surface area contributed by atoms with Crippen molar-refractivity contribution in [2.45, 2.75) is 143 Å². The van der Waals surface area contributed by atoms with Crippen molar-refractivity contribution in [2.24, 2.45) is 17.8 Å². The maximum atomic E-state index is 15.5. The van der Waals surface area contributed by atoms with Crippen LogP contribution in [0.1, 0.15) is 148 Å². The van der Waals surface area contributed by atoms with Crippen LogP contribution >= 0.6 is 0 Å². The van der Waals surface area contributed by atoms with Gasteiger partial charge in [0.25, 0.3) is 0 Å². The second-order valence-electron chi connectivity index (χ2n) is 14.5. The number of hydrogen-bond donors (Lipinski definition) is 0. The summed E-state index contributed by atoms with van der Waals surface area (Å²) in [6.45, 7) is 14.9. The summed E-state index contributed by atoms with van der Waals surface area (Å²) >= 11 is 0. The van der Waals surface area contributed by atoms with Crippen LogP contribution in [0.15, 0.2) is 61.2 Å². The fourth-order valence-electron chi connectivity index (χ4n) is 7.43. The van der Waals surface area contributed by atoms with Crippen LogP contribution in [0.25, 0.3) is 22.3 Å². The first-order valence-electron chi connectivity index (χ1n) is 19.3. The molecule has 3 aromatic rings. The molecule has 0 aliphatic carbocycles. The zero-order valence-electron chi connectivity index (χ0n) is 31.0. The van der Waals surface area contributed by atoms with Crippen LogP contribution in [-0.2, 0) is 6.42 Å². The lowest BCUT2D eigenvalue weighted by atomic mass is 9.80. The Labute approximate surface area is 295 Å². The minimum atomic E-state index is -0.866. The molecule has 49 heavy (non-hydrogen) atoms. The van der Waals surface area contributed by atoms with E-state index in [0.717, 1.165) is 50.9 Å². The Hall–Kier alpha value is -2.88. The number of hydrogen-bond acceptors (Lipinski definition) is 0. The van der Waals surface area contributed by atoms with Gasteiger partial charge in [0, 0.05) is 11.1 Å². The maximum absolute atomic E-state index is 15.5. The lowest BCUT2D eigenvalue weighted by Gasteiger charge is -2.26. The molecule has 0 radical (unpaired) electrons. The summed E-state index contributed by atoms with van der Waals surface area (Å²) in [5, 5.41) is 0. The van der Waals surface area contributed by atoms with Gasteiger partial charge in [-0.2, -0.15) is 0 Å². The number of benzene rings is 3. The summed E-state index contributed by atoms with van der Waals surface area (Å²) in [6, 6.07) is 13.2. The quantitative estimate of drug-likeness (QED) is 0.0532. The van der Waals surface area contributed by atoms with Gasteiger partial charge in [0.1, 0.15) is 0 Å². The Morgan fingerprint density at radius 3 is 1.78 bits per heavy atom. The van der Waals surface area contributed by atoms with E-state index in [1.807, 2.05) is 13.0 Å². The Balaban J connectivity index is 1.62. The fourth-order valence-corrected chi connectivity index (χ4v) is 7.43. The van der Waals surface area contributed by atoms with Crippen molar-refractivity contribution in [1.29, 1.82) is 0 Å². The zero-order valence-corrected chi connectivity index (χ0v) is 31.0. The Morgan fingerprint density at radius 2 is 1.18 bits per heavy atom. The maximum Gasteiger partial charge on any atom is 0.166 e. The average Bonchev–Trinajstić information content (AvgIpc) is 3.11. The predicted octanol–water partition coefficient (Wildman–Crippen LogP) is 15.2. The van der Waals surface area contributed by atoms with Gasteiger partial charge in [-0.15, -0.1) is 6.58 Å². The molecule has 0 heterocycles. The fraction of sp³-hybridized carbons (Fsp3) is 0.556. The molecular formula is C45H62F4. The first kappa shape index (κ1) is 40.5. The van der Waals surface area contributed by atoms with Gasteiger partial charge >= 0.3 is 0 Å². The second-order valence-corrected chi connectivity index (χ2v) is 14.5. The highest BCUT2D eigenvalue weighted by Crippen LogP contribution is 2.36. The van der Waals surface area contributed by atoms with Crippen molar-refractivity contribution in [2.75, 3.05) is 0 Å². The molecule has 4 unspecified atom stereocenters. The van der Waals surface area contributed by atoms with E-state index < -0.39 is 23.3 Å². The summed E-state index contributed by atoms with van der Waals surface area (Å²) in [4.78, 5) is 0. The highest BCUT2D eigenvalue weighted by molar-refractivity contribution is 5.71. The van der Waals surface area contributed by atoms with Crippen LogP contribution in [-0.4, -0.2) is 0 Å². The van der Waals surface area contributed by atoms with Crippen LogP contribution < -0.4 is 0 Å². The van der Waals surface area contributed by atoms with Crippen molar-refractivity contribution in [1.82, 2.24) is 0 Å². The second kappa shape index (κ2) is 21.4. The van der Waals surface area contributed by atoms with E-state index in [1.54, 1.807) is 48.5 Å². The standard InChI is InChI=1S/C45H62F4/c1-7-11-13-14-15-16-17-19-38-28-29-40(44(48)42(38)46)36-24-26-37(27-25-36)41-31-30-39(43(47)45(41)49)33(6)21-23-35(10-4)32(5)20-22-34(9-3)18-12-8-2/h8,24-35H,2,7,9-23H2,1,3-6H3. The molecule has 0 saturated heterocycles. The molecule has 270 valence electrons. The molecule has 3 aromatic carbocycles. The van der Waals surface area contributed by atoms with Crippen LogP contribution in [0.5, 0.6) is 0 Å². The normalized spacial score (nSPS) is 14.1. The molecule has 0 bridgehead atoms. The van der Waals surface area contributed by atoms with Crippen molar-refractivity contribution < 1.29 is 17.6 Å². The summed E-state index contributed by atoms with van der Waals surface area (Å²) < 4.78 is 61.1. The monoisotopic (exact) mass is 678 g/mol. The molecule has 3 rings (SSSR count). The van der Waals surface area contributed by atoms with E-state index in [0.29, 0.717) is 40.5 Å². The Morgan fingerprint density at radius 1 is 0.592 bits per heavy atom. The minimum absolute atomic E-state index is 0.102. The SMILES string of the molecule is C=CCCC(CC)CCC(C)C(CC)CCC(C)c1ccc(-c2ccc(-c3ccc(CCCCCCCCC)c(F)c3F)cc2)c(F)c1F. The number of rotatable bonds is 23. The van der Waals surface area contributed by atoms with E-state index in [9.17, 15) is 4.39 Å². The van der Waals surface area contributed by atoms with E-state index in [2.05, 4.69) is 34.3 Å². The third-order valence-corrected chi connectivity index (χ3v) is 11.0.